The van der Waals surface area contributed by atoms with Gasteiger partial charge in [-0.3, -0.25) is 9.80 Å². The summed E-state index contributed by atoms with van der Waals surface area (Å²) in [5, 5.41) is 9.87. The van der Waals surface area contributed by atoms with Gasteiger partial charge in [0, 0.05) is 25.7 Å². The third-order valence-electron chi connectivity index (χ3n) is 4.23. The average molecular weight is 276 g/mol. The zero-order chi connectivity index (χ0) is 14.4. The maximum atomic E-state index is 9.87. The Morgan fingerprint density at radius 1 is 1.25 bits per heavy atom. The largest absolute Gasteiger partial charge is 0.392 e. The smallest absolute Gasteiger partial charge is 0.0664 e. The number of aliphatic hydroxyl groups excluding tert-OH is 1. The van der Waals surface area contributed by atoms with Crippen LogP contribution in [0.5, 0.6) is 0 Å². The van der Waals surface area contributed by atoms with E-state index in [2.05, 4.69) is 54.0 Å². The molecule has 1 fully saturated rings. The van der Waals surface area contributed by atoms with Crippen LogP contribution in [0.25, 0.3) is 0 Å². The zero-order valence-corrected chi connectivity index (χ0v) is 12.8. The summed E-state index contributed by atoms with van der Waals surface area (Å²) < 4.78 is 0. The van der Waals surface area contributed by atoms with Crippen molar-refractivity contribution in [3.63, 3.8) is 0 Å². The molecule has 1 aromatic carbocycles. The summed E-state index contributed by atoms with van der Waals surface area (Å²) in [4.78, 5) is 4.98. The lowest BCUT2D eigenvalue weighted by Crippen LogP contribution is -2.42. The van der Waals surface area contributed by atoms with Crippen molar-refractivity contribution in [2.24, 2.45) is 0 Å². The lowest BCUT2D eigenvalue weighted by molar-refractivity contribution is 0.0876. The molecule has 2 rings (SSSR count). The van der Waals surface area contributed by atoms with Crippen LogP contribution in [-0.4, -0.2) is 53.2 Å². The highest BCUT2D eigenvalue weighted by molar-refractivity contribution is 5.14. The Hall–Kier alpha value is -0.900. The fourth-order valence-corrected chi connectivity index (χ4v) is 2.95. The molecule has 2 atom stereocenters. The first-order chi connectivity index (χ1) is 9.69. The second-order valence-electron chi connectivity index (χ2n) is 5.98. The number of hydrogen-bond acceptors (Lipinski definition) is 3. The average Bonchev–Trinajstić information content (AvgIpc) is 2.62. The highest BCUT2D eigenvalue weighted by Gasteiger charge is 2.22. The molecule has 20 heavy (non-hydrogen) atoms. The molecule has 0 aliphatic carbocycles. The maximum absolute atomic E-state index is 9.87. The van der Waals surface area contributed by atoms with E-state index in [-0.39, 0.29) is 6.10 Å². The molecule has 0 radical (unpaired) electrons. The summed E-state index contributed by atoms with van der Waals surface area (Å²) >= 11 is 0. The Labute approximate surface area is 123 Å². The highest BCUT2D eigenvalue weighted by Crippen LogP contribution is 2.14. The van der Waals surface area contributed by atoms with Gasteiger partial charge in [0.1, 0.15) is 0 Å². The van der Waals surface area contributed by atoms with Gasteiger partial charge in [-0.25, -0.2) is 0 Å². The first kappa shape index (κ1) is 15.5. The van der Waals surface area contributed by atoms with Gasteiger partial charge >= 0.3 is 0 Å². The molecule has 1 aromatic rings. The molecule has 1 aliphatic heterocycles. The minimum absolute atomic E-state index is 0.182. The molecule has 1 heterocycles. The van der Waals surface area contributed by atoms with Crippen LogP contribution < -0.4 is 0 Å². The lowest BCUT2D eigenvalue weighted by Gasteiger charge is -2.30. The quantitative estimate of drug-likeness (QED) is 0.894. The van der Waals surface area contributed by atoms with Crippen LogP contribution in [0.15, 0.2) is 30.3 Å². The van der Waals surface area contributed by atoms with E-state index in [0.29, 0.717) is 6.04 Å². The summed E-state index contributed by atoms with van der Waals surface area (Å²) in [6, 6.07) is 11.2. The monoisotopic (exact) mass is 276 g/mol. The minimum Gasteiger partial charge on any atom is -0.392 e. The van der Waals surface area contributed by atoms with Gasteiger partial charge in [-0.1, -0.05) is 37.3 Å². The number of hydrogen-bond donors (Lipinski definition) is 1. The molecular weight excluding hydrogens is 248 g/mol. The lowest BCUT2D eigenvalue weighted by atomic mass is 10.2. The fourth-order valence-electron chi connectivity index (χ4n) is 2.95. The topological polar surface area (TPSA) is 26.7 Å². The number of benzene rings is 1. The Morgan fingerprint density at radius 2 is 2.00 bits per heavy atom. The van der Waals surface area contributed by atoms with Gasteiger partial charge in [0.25, 0.3) is 0 Å². The molecule has 3 heteroatoms. The molecule has 0 bridgehead atoms. The summed E-state index contributed by atoms with van der Waals surface area (Å²) in [7, 11) is 0. The predicted molar refractivity (Wildman–Crippen MR) is 83.7 cm³/mol. The van der Waals surface area contributed by atoms with Crippen LogP contribution in [0, 0.1) is 0 Å². The summed E-state index contributed by atoms with van der Waals surface area (Å²) in [6.07, 6.45) is 1.85. The Kier molecular flexibility index (Phi) is 6.02. The summed E-state index contributed by atoms with van der Waals surface area (Å²) in [5.74, 6) is 0. The predicted octanol–water partition coefficient (Wildman–Crippen LogP) is 2.35. The van der Waals surface area contributed by atoms with Crippen molar-refractivity contribution in [2.45, 2.75) is 45.4 Å². The van der Waals surface area contributed by atoms with Gasteiger partial charge in [0.2, 0.25) is 0 Å². The zero-order valence-electron chi connectivity index (χ0n) is 12.8. The standard InChI is InChI=1S/C17H28N2O/c1-3-17(20)14-19-11-7-10-18(12-15(19)2)13-16-8-5-4-6-9-16/h4-6,8-9,15,17,20H,3,7,10-14H2,1-2H3. The maximum Gasteiger partial charge on any atom is 0.0664 e. The van der Waals surface area contributed by atoms with Gasteiger partial charge in [0.05, 0.1) is 6.10 Å². The highest BCUT2D eigenvalue weighted by atomic mass is 16.3. The molecule has 2 unspecified atom stereocenters. The molecule has 112 valence electrons. The molecular formula is C17H28N2O. The van der Waals surface area contributed by atoms with Gasteiger partial charge < -0.3 is 5.11 Å². The third kappa shape index (κ3) is 4.58. The van der Waals surface area contributed by atoms with Crippen molar-refractivity contribution in [3.8, 4) is 0 Å². The second kappa shape index (κ2) is 7.77. The summed E-state index contributed by atoms with van der Waals surface area (Å²) in [5.41, 5.74) is 1.39. The van der Waals surface area contributed by atoms with Crippen molar-refractivity contribution in [3.05, 3.63) is 35.9 Å². The van der Waals surface area contributed by atoms with Gasteiger partial charge in [-0.15, -0.1) is 0 Å². The van der Waals surface area contributed by atoms with Crippen molar-refractivity contribution in [2.75, 3.05) is 26.2 Å². The summed E-state index contributed by atoms with van der Waals surface area (Å²) in [6.45, 7) is 9.53. The SMILES string of the molecule is CCC(O)CN1CCCN(Cc2ccccc2)CC1C. The van der Waals surface area contributed by atoms with Gasteiger partial charge in [-0.2, -0.15) is 0 Å². The Balaban J connectivity index is 1.89. The molecule has 0 aromatic heterocycles. The first-order valence-corrected chi connectivity index (χ1v) is 7.87. The Bertz CT molecular complexity index is 382. The molecule has 1 N–H and O–H groups in total. The number of rotatable bonds is 5. The molecule has 0 saturated carbocycles. The van der Waals surface area contributed by atoms with E-state index >= 15 is 0 Å². The van der Waals surface area contributed by atoms with E-state index in [0.717, 1.165) is 39.1 Å². The van der Waals surface area contributed by atoms with Crippen LogP contribution in [-0.2, 0) is 6.54 Å². The van der Waals surface area contributed by atoms with Crippen molar-refractivity contribution in [1.29, 1.82) is 0 Å². The normalized spacial score (nSPS) is 23.4. The van der Waals surface area contributed by atoms with E-state index in [1.807, 2.05) is 0 Å². The number of β-amino-alcohol motifs (C(OH)–C–C–N with tert-alkyl or cyclic N) is 1. The number of nitrogens with zero attached hydrogens (tertiary/aromatic N) is 2. The number of aliphatic hydroxyl groups is 1. The fraction of sp³-hybridized carbons (Fsp3) is 0.647. The Morgan fingerprint density at radius 3 is 2.70 bits per heavy atom. The van der Waals surface area contributed by atoms with Crippen molar-refractivity contribution in [1.82, 2.24) is 9.80 Å². The third-order valence-corrected chi connectivity index (χ3v) is 4.23. The van der Waals surface area contributed by atoms with Gasteiger partial charge in [-0.05, 0) is 38.4 Å². The van der Waals surface area contributed by atoms with Crippen LogP contribution in [0.2, 0.25) is 0 Å². The van der Waals surface area contributed by atoms with Crippen LogP contribution >= 0.6 is 0 Å². The van der Waals surface area contributed by atoms with Crippen molar-refractivity contribution >= 4 is 0 Å². The second-order valence-corrected chi connectivity index (χ2v) is 5.98. The van der Waals surface area contributed by atoms with Gasteiger partial charge in [0.15, 0.2) is 0 Å². The van der Waals surface area contributed by atoms with E-state index < -0.39 is 0 Å². The van der Waals surface area contributed by atoms with Crippen LogP contribution in [0.3, 0.4) is 0 Å². The molecule has 0 amide bonds. The van der Waals surface area contributed by atoms with Crippen LogP contribution in [0.1, 0.15) is 32.3 Å². The minimum atomic E-state index is -0.182. The first-order valence-electron chi connectivity index (χ1n) is 7.87. The van der Waals surface area contributed by atoms with Crippen LogP contribution in [0.4, 0.5) is 0 Å². The van der Waals surface area contributed by atoms with E-state index in [4.69, 9.17) is 0 Å². The van der Waals surface area contributed by atoms with E-state index in [1.54, 1.807) is 0 Å². The molecule has 3 nitrogen and oxygen atoms in total. The molecule has 1 saturated heterocycles. The molecule has 0 spiro atoms. The van der Waals surface area contributed by atoms with E-state index in [9.17, 15) is 5.11 Å². The molecule has 1 aliphatic rings. The van der Waals surface area contributed by atoms with Crippen molar-refractivity contribution < 1.29 is 5.11 Å². The van der Waals surface area contributed by atoms with E-state index in [1.165, 1.54) is 12.0 Å².